The number of rotatable bonds is 4. The van der Waals surface area contributed by atoms with Crippen LogP contribution in [-0.4, -0.2) is 21.0 Å². The van der Waals surface area contributed by atoms with E-state index in [-0.39, 0.29) is 12.0 Å². The first-order valence-corrected chi connectivity index (χ1v) is 5.41. The van der Waals surface area contributed by atoms with Crippen molar-refractivity contribution in [3.63, 3.8) is 0 Å². The number of halogens is 1. The Bertz CT molecular complexity index is 546. The van der Waals surface area contributed by atoms with Gasteiger partial charge in [-0.25, -0.2) is 14.4 Å². The topological polar surface area (TPSA) is 63.1 Å². The van der Waals surface area contributed by atoms with Crippen molar-refractivity contribution >= 4 is 5.97 Å². The summed E-state index contributed by atoms with van der Waals surface area (Å²) in [6.07, 6.45) is 3.13. The van der Waals surface area contributed by atoms with Crippen molar-refractivity contribution in [3.05, 3.63) is 59.9 Å². The number of carboxylic acids is 1. The number of aliphatic carboxylic acids is 1. The van der Waals surface area contributed by atoms with E-state index in [1.807, 2.05) is 0 Å². The van der Waals surface area contributed by atoms with Crippen LogP contribution in [0.2, 0.25) is 0 Å². The molecule has 0 saturated carbocycles. The van der Waals surface area contributed by atoms with Crippen LogP contribution in [0, 0.1) is 5.82 Å². The van der Waals surface area contributed by atoms with Gasteiger partial charge in [0.15, 0.2) is 0 Å². The monoisotopic (exact) mass is 246 g/mol. The molecule has 2 aromatic rings. The van der Waals surface area contributed by atoms with Crippen LogP contribution in [0.5, 0.6) is 0 Å². The summed E-state index contributed by atoms with van der Waals surface area (Å²) < 4.78 is 13.6. The van der Waals surface area contributed by atoms with E-state index in [0.717, 1.165) is 0 Å². The maximum atomic E-state index is 13.6. The standard InChI is InChI=1S/C13H11FN2O2/c14-11-5-2-1-4-9(11)10(13(17)18)8-12-15-6-3-7-16-12/h1-7,10H,8H2,(H,17,18). The van der Waals surface area contributed by atoms with E-state index < -0.39 is 17.7 Å². The molecule has 0 radical (unpaired) electrons. The molecule has 0 aliphatic rings. The Labute approximate surface area is 103 Å². The van der Waals surface area contributed by atoms with Gasteiger partial charge >= 0.3 is 5.97 Å². The lowest BCUT2D eigenvalue weighted by molar-refractivity contribution is -0.138. The van der Waals surface area contributed by atoms with Crippen molar-refractivity contribution in [2.24, 2.45) is 0 Å². The molecule has 1 atom stereocenters. The van der Waals surface area contributed by atoms with Gasteiger partial charge in [-0.15, -0.1) is 0 Å². The van der Waals surface area contributed by atoms with Gasteiger partial charge in [-0.1, -0.05) is 18.2 Å². The van der Waals surface area contributed by atoms with Crippen LogP contribution in [0.3, 0.4) is 0 Å². The molecule has 1 N–H and O–H groups in total. The average Bonchev–Trinajstić information content (AvgIpc) is 2.38. The molecular formula is C13H11FN2O2. The molecule has 1 aromatic heterocycles. The molecule has 0 aliphatic carbocycles. The number of nitrogens with zero attached hydrogens (tertiary/aromatic N) is 2. The number of hydrogen-bond acceptors (Lipinski definition) is 3. The maximum absolute atomic E-state index is 13.6. The Morgan fingerprint density at radius 1 is 1.22 bits per heavy atom. The average molecular weight is 246 g/mol. The van der Waals surface area contributed by atoms with Crippen molar-refractivity contribution in [1.82, 2.24) is 9.97 Å². The first kappa shape index (κ1) is 12.2. The zero-order valence-corrected chi connectivity index (χ0v) is 9.45. The first-order valence-electron chi connectivity index (χ1n) is 5.41. The minimum Gasteiger partial charge on any atom is -0.481 e. The van der Waals surface area contributed by atoms with E-state index in [1.165, 1.54) is 30.6 Å². The summed E-state index contributed by atoms with van der Waals surface area (Å²) >= 11 is 0. The van der Waals surface area contributed by atoms with Gasteiger partial charge in [-0.2, -0.15) is 0 Å². The highest BCUT2D eigenvalue weighted by Gasteiger charge is 2.24. The van der Waals surface area contributed by atoms with Crippen molar-refractivity contribution in [1.29, 1.82) is 0 Å². The van der Waals surface area contributed by atoms with Crippen molar-refractivity contribution in [2.75, 3.05) is 0 Å². The summed E-state index contributed by atoms with van der Waals surface area (Å²) in [6.45, 7) is 0. The molecule has 2 rings (SSSR count). The zero-order valence-electron chi connectivity index (χ0n) is 9.45. The molecule has 0 fully saturated rings. The fourth-order valence-corrected chi connectivity index (χ4v) is 1.71. The van der Waals surface area contributed by atoms with E-state index in [1.54, 1.807) is 12.1 Å². The Balaban J connectivity index is 2.30. The van der Waals surface area contributed by atoms with Gasteiger partial charge in [-0.3, -0.25) is 4.79 Å². The molecule has 4 nitrogen and oxygen atoms in total. The highest BCUT2D eigenvalue weighted by atomic mass is 19.1. The summed E-state index contributed by atoms with van der Waals surface area (Å²) in [7, 11) is 0. The summed E-state index contributed by atoms with van der Waals surface area (Å²) in [6, 6.07) is 7.49. The Kier molecular flexibility index (Phi) is 3.62. The maximum Gasteiger partial charge on any atom is 0.311 e. The number of carbonyl (C=O) groups is 1. The third kappa shape index (κ3) is 2.68. The quantitative estimate of drug-likeness (QED) is 0.896. The third-order valence-electron chi connectivity index (χ3n) is 2.58. The Morgan fingerprint density at radius 2 is 1.89 bits per heavy atom. The number of aromatic nitrogens is 2. The normalized spacial score (nSPS) is 12.1. The van der Waals surface area contributed by atoms with Crippen LogP contribution in [-0.2, 0) is 11.2 Å². The van der Waals surface area contributed by atoms with E-state index >= 15 is 0 Å². The van der Waals surface area contributed by atoms with Crippen LogP contribution < -0.4 is 0 Å². The second-order valence-corrected chi connectivity index (χ2v) is 3.78. The van der Waals surface area contributed by atoms with Gasteiger partial charge in [0, 0.05) is 24.4 Å². The molecule has 1 heterocycles. The van der Waals surface area contributed by atoms with E-state index in [9.17, 15) is 14.3 Å². The van der Waals surface area contributed by atoms with Crippen molar-refractivity contribution in [2.45, 2.75) is 12.3 Å². The summed E-state index contributed by atoms with van der Waals surface area (Å²) in [5.74, 6) is -2.21. The fourth-order valence-electron chi connectivity index (χ4n) is 1.71. The highest BCUT2D eigenvalue weighted by molar-refractivity contribution is 5.76. The summed E-state index contributed by atoms with van der Waals surface area (Å²) in [5.41, 5.74) is 0.150. The fraction of sp³-hybridized carbons (Fsp3) is 0.154. The van der Waals surface area contributed by atoms with E-state index in [2.05, 4.69) is 9.97 Å². The summed E-state index contributed by atoms with van der Waals surface area (Å²) in [5, 5.41) is 9.19. The molecule has 0 amide bonds. The van der Waals surface area contributed by atoms with Crippen LogP contribution in [0.4, 0.5) is 4.39 Å². The van der Waals surface area contributed by atoms with Crippen molar-refractivity contribution in [3.8, 4) is 0 Å². The van der Waals surface area contributed by atoms with E-state index in [4.69, 9.17) is 0 Å². The lowest BCUT2D eigenvalue weighted by atomic mass is 9.95. The first-order chi connectivity index (χ1) is 8.68. The second kappa shape index (κ2) is 5.35. The largest absolute Gasteiger partial charge is 0.481 e. The van der Waals surface area contributed by atoms with Gasteiger partial charge in [-0.05, 0) is 12.1 Å². The molecule has 1 aromatic carbocycles. The molecule has 0 bridgehead atoms. The number of benzene rings is 1. The molecule has 0 saturated heterocycles. The minimum atomic E-state index is -1.09. The summed E-state index contributed by atoms with van der Waals surface area (Å²) in [4.78, 5) is 19.2. The predicted octanol–water partition coefficient (Wildman–Crippen LogP) is 2.03. The molecule has 18 heavy (non-hydrogen) atoms. The smallest absolute Gasteiger partial charge is 0.311 e. The van der Waals surface area contributed by atoms with Gasteiger partial charge < -0.3 is 5.11 Å². The Morgan fingerprint density at radius 3 is 2.50 bits per heavy atom. The van der Waals surface area contributed by atoms with Crippen LogP contribution >= 0.6 is 0 Å². The van der Waals surface area contributed by atoms with E-state index in [0.29, 0.717) is 5.82 Å². The predicted molar refractivity (Wildman–Crippen MR) is 62.5 cm³/mol. The minimum absolute atomic E-state index is 0.0666. The number of hydrogen-bond donors (Lipinski definition) is 1. The highest BCUT2D eigenvalue weighted by Crippen LogP contribution is 2.22. The molecule has 5 heteroatoms. The molecular weight excluding hydrogens is 235 g/mol. The van der Waals surface area contributed by atoms with Crippen LogP contribution in [0.15, 0.2) is 42.7 Å². The van der Waals surface area contributed by atoms with Crippen molar-refractivity contribution < 1.29 is 14.3 Å². The molecule has 92 valence electrons. The second-order valence-electron chi connectivity index (χ2n) is 3.78. The molecule has 1 unspecified atom stereocenters. The van der Waals surface area contributed by atoms with Gasteiger partial charge in [0.05, 0.1) is 5.92 Å². The van der Waals surface area contributed by atoms with Gasteiger partial charge in [0.2, 0.25) is 0 Å². The zero-order chi connectivity index (χ0) is 13.0. The SMILES string of the molecule is O=C(O)C(Cc1ncccn1)c1ccccc1F. The third-order valence-corrected chi connectivity index (χ3v) is 2.58. The van der Waals surface area contributed by atoms with Crippen LogP contribution in [0.25, 0.3) is 0 Å². The van der Waals surface area contributed by atoms with Gasteiger partial charge in [0.25, 0.3) is 0 Å². The lowest BCUT2D eigenvalue weighted by Crippen LogP contribution is -2.17. The number of carboxylic acid groups (broad SMARTS) is 1. The lowest BCUT2D eigenvalue weighted by Gasteiger charge is -2.12. The van der Waals surface area contributed by atoms with Crippen LogP contribution in [0.1, 0.15) is 17.3 Å². The molecule has 0 aliphatic heterocycles. The Hall–Kier alpha value is -2.30. The molecule has 0 spiro atoms. The van der Waals surface area contributed by atoms with Gasteiger partial charge in [0.1, 0.15) is 11.6 Å².